The van der Waals surface area contributed by atoms with E-state index in [4.69, 9.17) is 0 Å². The van der Waals surface area contributed by atoms with Gasteiger partial charge in [0.1, 0.15) is 0 Å². The Morgan fingerprint density at radius 2 is 1.60 bits per heavy atom. The maximum Gasteiger partial charge on any atom is -0.0471 e. The van der Waals surface area contributed by atoms with Gasteiger partial charge in [-0.25, -0.2) is 0 Å². The molecule has 0 aliphatic heterocycles. The van der Waals surface area contributed by atoms with Crippen LogP contribution in [0.1, 0.15) is 60.3 Å². The first-order valence-corrected chi connectivity index (χ1v) is 4.27. The van der Waals surface area contributed by atoms with Crippen LogP contribution in [0, 0.1) is 5.92 Å². The predicted octanol–water partition coefficient (Wildman–Crippen LogP) is 4.25. The van der Waals surface area contributed by atoms with Gasteiger partial charge in [-0.3, -0.25) is 0 Å². The summed E-state index contributed by atoms with van der Waals surface area (Å²) in [5.41, 5.74) is 0. The number of unbranched alkanes of at least 4 members (excludes halogenated alkanes) is 3. The Labute approximate surface area is 67.0 Å². The van der Waals surface area contributed by atoms with Gasteiger partial charge in [-0.15, -0.1) is 0 Å². The van der Waals surface area contributed by atoms with Gasteiger partial charge in [0.15, 0.2) is 0 Å². The molecule has 0 aromatic carbocycles. The molecule has 0 atom stereocenters. The van der Waals surface area contributed by atoms with Crippen molar-refractivity contribution >= 4 is 0 Å². The van der Waals surface area contributed by atoms with Gasteiger partial charge < -0.3 is 0 Å². The summed E-state index contributed by atoms with van der Waals surface area (Å²) < 4.78 is 0. The summed E-state index contributed by atoms with van der Waals surface area (Å²) in [6, 6.07) is 0. The van der Waals surface area contributed by atoms with Crippen molar-refractivity contribution < 1.29 is 0 Å². The Balaban J connectivity index is 0. The highest BCUT2D eigenvalue weighted by atomic mass is 14.0. The molecule has 0 amide bonds. The van der Waals surface area contributed by atoms with Crippen LogP contribution < -0.4 is 0 Å². The van der Waals surface area contributed by atoms with Gasteiger partial charge in [-0.1, -0.05) is 60.3 Å². The summed E-state index contributed by atoms with van der Waals surface area (Å²) in [7, 11) is 0. The van der Waals surface area contributed by atoms with Crippen molar-refractivity contribution in [2.45, 2.75) is 60.3 Å². The molecule has 0 spiro atoms. The zero-order valence-electron chi connectivity index (χ0n) is 7.11. The Bertz CT molecular complexity index is 46.0. The number of rotatable bonds is 5. The average molecular weight is 144 g/mol. The third-order valence-corrected chi connectivity index (χ3v) is 1.64. The Kier molecular flexibility index (Phi) is 11.4. The Morgan fingerprint density at radius 1 is 1.00 bits per heavy atom. The first kappa shape index (κ1) is 12.7. The molecular weight excluding hydrogens is 120 g/mol. The minimum absolute atomic E-state index is 0. The second-order valence-corrected chi connectivity index (χ2v) is 3.24. The van der Waals surface area contributed by atoms with Crippen molar-refractivity contribution in [1.29, 1.82) is 0 Å². The molecule has 0 aromatic rings. The van der Waals surface area contributed by atoms with Crippen LogP contribution in [-0.2, 0) is 0 Å². The Hall–Kier alpha value is 0. The van der Waals surface area contributed by atoms with Gasteiger partial charge in [0.25, 0.3) is 0 Å². The molecule has 10 heavy (non-hydrogen) atoms. The highest BCUT2D eigenvalue weighted by Gasteiger charge is 1.91. The van der Waals surface area contributed by atoms with E-state index in [0.29, 0.717) is 0 Å². The first-order chi connectivity index (χ1) is 4.27. The van der Waals surface area contributed by atoms with Crippen molar-refractivity contribution in [2.75, 3.05) is 0 Å². The van der Waals surface area contributed by atoms with Gasteiger partial charge in [0.05, 0.1) is 0 Å². The molecule has 0 saturated heterocycles. The van der Waals surface area contributed by atoms with Crippen LogP contribution in [0.25, 0.3) is 0 Å². The van der Waals surface area contributed by atoms with Crippen molar-refractivity contribution in [3.8, 4) is 0 Å². The summed E-state index contributed by atoms with van der Waals surface area (Å²) in [5.74, 6) is 0.904. The van der Waals surface area contributed by atoms with Gasteiger partial charge in [0.2, 0.25) is 0 Å². The summed E-state index contributed by atoms with van der Waals surface area (Å²) in [6.45, 7) is 6.85. The highest BCUT2D eigenvalue weighted by molar-refractivity contribution is 4.45. The van der Waals surface area contributed by atoms with Gasteiger partial charge in [-0.2, -0.15) is 0 Å². The van der Waals surface area contributed by atoms with Crippen LogP contribution in [0.15, 0.2) is 0 Å². The molecule has 0 heterocycles. The Morgan fingerprint density at radius 3 is 2.00 bits per heavy atom. The lowest BCUT2D eigenvalue weighted by molar-refractivity contribution is 0.525. The molecule has 0 N–H and O–H groups in total. The normalized spacial score (nSPS) is 9.60. The van der Waals surface area contributed by atoms with Crippen LogP contribution in [-0.4, -0.2) is 0 Å². The summed E-state index contributed by atoms with van der Waals surface area (Å²) in [6.07, 6.45) is 7.07. The van der Waals surface area contributed by atoms with Gasteiger partial charge in [-0.05, 0) is 5.92 Å². The second-order valence-electron chi connectivity index (χ2n) is 3.24. The molecule has 64 valence electrons. The third kappa shape index (κ3) is 10.9. The topological polar surface area (TPSA) is 0 Å². The molecule has 0 rings (SSSR count). The zero-order chi connectivity index (χ0) is 7.11. The average Bonchev–Trinajstić information content (AvgIpc) is 1.80. The SMILES string of the molecule is C.CCCCCCC(C)C. The van der Waals surface area contributed by atoms with Crippen molar-refractivity contribution in [3.63, 3.8) is 0 Å². The molecule has 0 bridgehead atoms. The molecule has 0 fully saturated rings. The van der Waals surface area contributed by atoms with Crippen molar-refractivity contribution in [2.24, 2.45) is 5.92 Å². The van der Waals surface area contributed by atoms with E-state index in [-0.39, 0.29) is 7.43 Å². The minimum atomic E-state index is 0. The van der Waals surface area contributed by atoms with Crippen LogP contribution >= 0.6 is 0 Å². The standard InChI is InChI=1S/C9H20.CH4/c1-4-5-6-7-8-9(2)3;/h9H,4-8H2,1-3H3;1H4. The lowest BCUT2D eigenvalue weighted by Gasteiger charge is -2.01. The van der Waals surface area contributed by atoms with Crippen molar-refractivity contribution in [3.05, 3.63) is 0 Å². The van der Waals surface area contributed by atoms with Crippen LogP contribution in [0.4, 0.5) is 0 Å². The lowest BCUT2D eigenvalue weighted by Crippen LogP contribution is -1.86. The van der Waals surface area contributed by atoms with E-state index in [1.807, 2.05) is 0 Å². The molecule has 0 unspecified atom stereocenters. The smallest absolute Gasteiger partial charge is 0.0471 e. The highest BCUT2D eigenvalue weighted by Crippen LogP contribution is 2.08. The summed E-state index contributed by atoms with van der Waals surface area (Å²) >= 11 is 0. The van der Waals surface area contributed by atoms with Crippen molar-refractivity contribution in [1.82, 2.24) is 0 Å². The van der Waals surface area contributed by atoms with Crippen LogP contribution in [0.2, 0.25) is 0 Å². The summed E-state index contributed by atoms with van der Waals surface area (Å²) in [5, 5.41) is 0. The number of hydrogen-bond acceptors (Lipinski definition) is 0. The fourth-order valence-electron chi connectivity index (χ4n) is 0.979. The fourth-order valence-corrected chi connectivity index (χ4v) is 0.979. The second kappa shape index (κ2) is 9.00. The maximum atomic E-state index is 2.30. The first-order valence-electron chi connectivity index (χ1n) is 4.27. The molecule has 0 saturated carbocycles. The van der Waals surface area contributed by atoms with Gasteiger partial charge in [0, 0.05) is 0 Å². The minimum Gasteiger partial charge on any atom is -0.0776 e. The fraction of sp³-hybridized carbons (Fsp3) is 1.00. The van der Waals surface area contributed by atoms with E-state index in [2.05, 4.69) is 20.8 Å². The monoisotopic (exact) mass is 144 g/mol. The molecule has 0 nitrogen and oxygen atoms in total. The van der Waals surface area contributed by atoms with E-state index in [1.54, 1.807) is 0 Å². The molecule has 0 radical (unpaired) electrons. The molecule has 0 aliphatic carbocycles. The maximum absolute atomic E-state index is 2.30. The van der Waals surface area contributed by atoms with Crippen LogP contribution in [0.3, 0.4) is 0 Å². The molecule has 0 aliphatic rings. The molecule has 0 heteroatoms. The van der Waals surface area contributed by atoms with Gasteiger partial charge >= 0.3 is 0 Å². The van der Waals surface area contributed by atoms with E-state index in [0.717, 1.165) is 5.92 Å². The lowest BCUT2D eigenvalue weighted by atomic mass is 10.1. The predicted molar refractivity (Wildman–Crippen MR) is 50.3 cm³/mol. The largest absolute Gasteiger partial charge is 0.0776 e. The molecular formula is C10H24. The number of hydrogen-bond donors (Lipinski definition) is 0. The van der Waals surface area contributed by atoms with Crippen LogP contribution in [0.5, 0.6) is 0 Å². The zero-order valence-corrected chi connectivity index (χ0v) is 7.11. The molecule has 0 aromatic heterocycles. The van der Waals surface area contributed by atoms with E-state index in [1.165, 1.54) is 32.1 Å². The third-order valence-electron chi connectivity index (χ3n) is 1.64. The quantitative estimate of drug-likeness (QED) is 0.506. The summed E-state index contributed by atoms with van der Waals surface area (Å²) in [4.78, 5) is 0. The van der Waals surface area contributed by atoms with E-state index < -0.39 is 0 Å². The van der Waals surface area contributed by atoms with E-state index >= 15 is 0 Å². The van der Waals surface area contributed by atoms with E-state index in [9.17, 15) is 0 Å².